The summed E-state index contributed by atoms with van der Waals surface area (Å²) in [6, 6.07) is 32.8. The van der Waals surface area contributed by atoms with Gasteiger partial charge in [-0.2, -0.15) is 0 Å². The Morgan fingerprint density at radius 1 is 0.609 bits per heavy atom. The Morgan fingerprint density at radius 2 is 1.00 bits per heavy atom. The van der Waals surface area contributed by atoms with Gasteiger partial charge in [0.15, 0.2) is 0 Å². The molecular weight excluding hydrogens is 295 g/mol. The first-order chi connectivity index (χ1) is 11.2. The lowest BCUT2D eigenvalue weighted by Gasteiger charge is -2.31. The number of hydrogen-bond acceptors (Lipinski definition) is 0. The molecule has 0 N–H and O–H groups in total. The van der Waals surface area contributed by atoms with Crippen LogP contribution in [-0.4, -0.2) is 6.16 Å². The zero-order valence-electron chi connectivity index (χ0n) is 13.8. The first-order valence-corrected chi connectivity index (χ1v) is 9.63. The molecule has 0 aliphatic carbocycles. The monoisotopic (exact) mass is 318 g/mol. The average Bonchev–Trinajstić information content (AvgIpc) is 2.62. The molecule has 116 valence electrons. The zero-order valence-corrected chi connectivity index (χ0v) is 14.7. The van der Waals surface area contributed by atoms with E-state index < -0.39 is 0 Å². The van der Waals surface area contributed by atoms with Crippen molar-refractivity contribution >= 4 is 18.5 Å². The molecule has 0 nitrogen and oxygen atoms in total. The number of rotatable bonds is 5. The van der Waals surface area contributed by atoms with Gasteiger partial charge < -0.3 is 0 Å². The van der Waals surface area contributed by atoms with Crippen LogP contribution in [-0.2, 0) is 5.41 Å². The fourth-order valence-corrected chi connectivity index (χ4v) is 5.62. The Morgan fingerprint density at radius 3 is 1.43 bits per heavy atom. The Labute approximate surface area is 141 Å². The van der Waals surface area contributed by atoms with E-state index >= 15 is 0 Å². The summed E-state index contributed by atoms with van der Waals surface area (Å²) in [7, 11) is -0.363. The summed E-state index contributed by atoms with van der Waals surface area (Å²) in [6.07, 6.45) is 1.15. The molecule has 0 spiro atoms. The van der Waals surface area contributed by atoms with Gasteiger partial charge in [0.2, 0.25) is 0 Å². The van der Waals surface area contributed by atoms with Crippen LogP contribution in [0.2, 0.25) is 0 Å². The average molecular weight is 318 g/mol. The third-order valence-corrected chi connectivity index (χ3v) is 7.19. The van der Waals surface area contributed by atoms with Crippen LogP contribution in [0.1, 0.15) is 19.4 Å². The van der Waals surface area contributed by atoms with E-state index in [0.717, 1.165) is 6.16 Å². The summed E-state index contributed by atoms with van der Waals surface area (Å²) in [5.74, 6) is 0. The molecule has 3 rings (SSSR count). The van der Waals surface area contributed by atoms with Crippen LogP contribution in [0.3, 0.4) is 0 Å². The second-order valence-corrected chi connectivity index (χ2v) is 8.71. The van der Waals surface area contributed by atoms with Crippen molar-refractivity contribution in [3.05, 3.63) is 96.6 Å². The molecule has 3 aromatic rings. The molecule has 0 aliphatic rings. The van der Waals surface area contributed by atoms with Crippen molar-refractivity contribution in [1.82, 2.24) is 0 Å². The van der Waals surface area contributed by atoms with Crippen molar-refractivity contribution in [1.29, 1.82) is 0 Å². The summed E-state index contributed by atoms with van der Waals surface area (Å²) >= 11 is 0. The van der Waals surface area contributed by atoms with Gasteiger partial charge in [0.05, 0.1) is 0 Å². The molecule has 23 heavy (non-hydrogen) atoms. The predicted octanol–water partition coefficient (Wildman–Crippen LogP) is 5.10. The number of benzene rings is 3. The highest BCUT2D eigenvalue weighted by Crippen LogP contribution is 2.41. The van der Waals surface area contributed by atoms with E-state index in [-0.39, 0.29) is 13.3 Å². The zero-order chi connectivity index (χ0) is 16.1. The molecule has 0 unspecified atom stereocenters. The van der Waals surface area contributed by atoms with Crippen molar-refractivity contribution in [2.45, 2.75) is 19.3 Å². The van der Waals surface area contributed by atoms with Crippen molar-refractivity contribution in [3.8, 4) is 0 Å². The van der Waals surface area contributed by atoms with Gasteiger partial charge in [0.1, 0.15) is 0 Å². The van der Waals surface area contributed by atoms with Crippen LogP contribution in [0.25, 0.3) is 0 Å². The normalized spacial score (nSPS) is 11.6. The molecule has 0 saturated heterocycles. The van der Waals surface area contributed by atoms with E-state index in [0.29, 0.717) is 0 Å². The van der Waals surface area contributed by atoms with E-state index in [1.165, 1.54) is 16.2 Å². The third kappa shape index (κ3) is 3.89. The summed E-state index contributed by atoms with van der Waals surface area (Å²) < 4.78 is 0. The van der Waals surface area contributed by atoms with Crippen LogP contribution in [0.5, 0.6) is 0 Å². The van der Waals surface area contributed by atoms with E-state index in [1.54, 1.807) is 0 Å². The van der Waals surface area contributed by atoms with E-state index in [2.05, 4.69) is 105 Å². The van der Waals surface area contributed by atoms with Gasteiger partial charge in [-0.15, -0.1) is 0 Å². The van der Waals surface area contributed by atoms with Crippen LogP contribution in [0.15, 0.2) is 91.0 Å². The van der Waals surface area contributed by atoms with Crippen molar-refractivity contribution in [2.24, 2.45) is 0 Å². The first kappa shape index (κ1) is 16.0. The highest BCUT2D eigenvalue weighted by atomic mass is 31.1. The molecule has 0 heterocycles. The van der Waals surface area contributed by atoms with Gasteiger partial charge in [0, 0.05) is 0 Å². The molecule has 0 aliphatic heterocycles. The van der Waals surface area contributed by atoms with E-state index in [4.69, 9.17) is 0 Å². The molecule has 0 aromatic heterocycles. The number of hydrogen-bond donors (Lipinski definition) is 0. The van der Waals surface area contributed by atoms with Crippen LogP contribution in [0, 0.1) is 0 Å². The SMILES string of the molecule is CC(C)(CP(c1ccccc1)c1ccccc1)c1ccccc1. The van der Waals surface area contributed by atoms with Gasteiger partial charge in [0.25, 0.3) is 0 Å². The summed E-state index contributed by atoms with van der Waals surface area (Å²) in [5, 5.41) is 2.91. The van der Waals surface area contributed by atoms with E-state index in [1.807, 2.05) is 0 Å². The largest absolute Gasteiger partial charge is 0.0622 e. The molecule has 1 heteroatoms. The van der Waals surface area contributed by atoms with Gasteiger partial charge in [-0.1, -0.05) is 105 Å². The first-order valence-electron chi connectivity index (χ1n) is 8.10. The van der Waals surface area contributed by atoms with Gasteiger partial charge >= 0.3 is 0 Å². The molecule has 0 amide bonds. The lowest BCUT2D eigenvalue weighted by molar-refractivity contribution is 0.599. The molecule has 0 bridgehead atoms. The fourth-order valence-electron chi connectivity index (χ4n) is 2.92. The van der Waals surface area contributed by atoms with E-state index in [9.17, 15) is 0 Å². The Kier molecular flexibility index (Phi) is 4.94. The summed E-state index contributed by atoms with van der Waals surface area (Å²) in [5.41, 5.74) is 1.57. The molecule has 0 atom stereocenters. The topological polar surface area (TPSA) is 0 Å². The lowest BCUT2D eigenvalue weighted by atomic mass is 9.87. The molecule has 0 fully saturated rings. The Balaban J connectivity index is 1.97. The lowest BCUT2D eigenvalue weighted by Crippen LogP contribution is -2.27. The van der Waals surface area contributed by atoms with Crippen LogP contribution < -0.4 is 10.6 Å². The minimum absolute atomic E-state index is 0.151. The second-order valence-electron chi connectivity index (χ2n) is 6.51. The van der Waals surface area contributed by atoms with Crippen molar-refractivity contribution in [2.75, 3.05) is 6.16 Å². The molecule has 3 aromatic carbocycles. The minimum Gasteiger partial charge on any atom is -0.0622 e. The van der Waals surface area contributed by atoms with Gasteiger partial charge in [-0.3, -0.25) is 0 Å². The Hall–Kier alpha value is -1.91. The second kappa shape index (κ2) is 7.11. The predicted molar refractivity (Wildman–Crippen MR) is 103 cm³/mol. The standard InChI is InChI=1S/C22H23P/c1-22(2,19-12-6-3-7-13-19)18-23(20-14-8-4-9-15-20)21-16-10-5-11-17-21/h3-17H,18H2,1-2H3. The quantitative estimate of drug-likeness (QED) is 0.574. The highest BCUT2D eigenvalue weighted by Gasteiger charge is 2.26. The maximum absolute atomic E-state index is 2.36. The Bertz CT molecular complexity index is 678. The molecule has 0 radical (unpaired) electrons. The van der Waals surface area contributed by atoms with Crippen LogP contribution in [0.4, 0.5) is 0 Å². The summed E-state index contributed by atoms with van der Waals surface area (Å²) in [6.45, 7) is 4.73. The van der Waals surface area contributed by atoms with Gasteiger partial charge in [-0.25, -0.2) is 0 Å². The molecule has 0 saturated carbocycles. The maximum atomic E-state index is 2.36. The van der Waals surface area contributed by atoms with Gasteiger partial charge in [-0.05, 0) is 35.7 Å². The highest BCUT2D eigenvalue weighted by molar-refractivity contribution is 7.73. The smallest absolute Gasteiger partial charge is 0.00584 e. The minimum atomic E-state index is -0.363. The molecular formula is C22H23P. The van der Waals surface area contributed by atoms with Crippen molar-refractivity contribution in [3.63, 3.8) is 0 Å². The summed E-state index contributed by atoms with van der Waals surface area (Å²) in [4.78, 5) is 0. The van der Waals surface area contributed by atoms with Crippen molar-refractivity contribution < 1.29 is 0 Å². The fraction of sp³-hybridized carbons (Fsp3) is 0.182. The maximum Gasteiger partial charge on any atom is -0.00584 e. The van der Waals surface area contributed by atoms with Crippen LogP contribution >= 0.6 is 7.92 Å². The third-order valence-electron chi connectivity index (χ3n) is 4.24.